The van der Waals surface area contributed by atoms with E-state index in [1.807, 2.05) is 54.6 Å². The number of anilines is 1. The number of para-hydroxylation sites is 1. The summed E-state index contributed by atoms with van der Waals surface area (Å²) in [4.78, 5) is 43.0. The van der Waals surface area contributed by atoms with Crippen molar-refractivity contribution in [1.82, 2.24) is 20.4 Å². The number of benzene rings is 2. The van der Waals surface area contributed by atoms with Crippen LogP contribution in [-0.2, 0) is 41.2 Å². The molecular formula is C31H43N5O6S. The van der Waals surface area contributed by atoms with Gasteiger partial charge in [0.1, 0.15) is 11.6 Å². The molecule has 3 amide bonds. The molecule has 2 N–H and O–H groups in total. The molecule has 0 saturated carbocycles. The maximum atomic E-state index is 13.9. The van der Waals surface area contributed by atoms with E-state index in [4.69, 9.17) is 4.74 Å². The second-order valence-corrected chi connectivity index (χ2v) is 14.2. The Morgan fingerprint density at radius 2 is 1.65 bits per heavy atom. The number of hydrogen-bond acceptors (Lipinski definition) is 7. The third-order valence-electron chi connectivity index (χ3n) is 8.10. The van der Waals surface area contributed by atoms with Crippen LogP contribution in [0, 0.1) is 0 Å². The van der Waals surface area contributed by atoms with Gasteiger partial charge < -0.3 is 25.2 Å². The molecule has 0 radical (unpaired) electrons. The summed E-state index contributed by atoms with van der Waals surface area (Å²) in [6.07, 6.45) is 2.38. The largest absolute Gasteiger partial charge is 0.374 e. The molecule has 2 heterocycles. The predicted octanol–water partition coefficient (Wildman–Crippen LogP) is 1.48. The minimum atomic E-state index is -3.45. The fourth-order valence-corrected chi connectivity index (χ4v) is 6.80. The lowest BCUT2D eigenvalue weighted by molar-refractivity contribution is -0.141. The molecule has 0 aliphatic carbocycles. The molecule has 4 rings (SSSR count). The van der Waals surface area contributed by atoms with Gasteiger partial charge in [0.2, 0.25) is 27.7 Å². The maximum Gasteiger partial charge on any atom is 0.247 e. The number of likely N-dealkylation sites (tertiary alicyclic amines) is 1. The summed E-state index contributed by atoms with van der Waals surface area (Å²) in [6.45, 7) is 4.68. The Bertz CT molecular complexity index is 1420. The van der Waals surface area contributed by atoms with Gasteiger partial charge in [0.05, 0.1) is 31.7 Å². The standard InChI is InChI=1S/C31H43N5O6S/c1-30(2,33-27(37)19-34(3)4)29(39)32-25(21-42-20-23-11-7-6-8-12-23)28(38)35-17-15-31(16-18-35)22-36(43(5,40)41)26-14-10-9-13-24(26)31/h6-14,25H,15-22H2,1-5H3,(H,32,39)(H,33,37)/t25-/m1/s1. The van der Waals surface area contributed by atoms with Gasteiger partial charge in [-0.3, -0.25) is 18.7 Å². The van der Waals surface area contributed by atoms with Crippen LogP contribution >= 0.6 is 0 Å². The highest BCUT2D eigenvalue weighted by Gasteiger charge is 2.48. The van der Waals surface area contributed by atoms with Crippen LogP contribution in [0.1, 0.15) is 37.8 Å². The third-order valence-corrected chi connectivity index (χ3v) is 9.23. The first-order chi connectivity index (χ1) is 20.2. The van der Waals surface area contributed by atoms with Crippen LogP contribution in [0.25, 0.3) is 0 Å². The number of rotatable bonds is 11. The van der Waals surface area contributed by atoms with Crippen molar-refractivity contribution in [2.75, 3.05) is 57.4 Å². The molecule has 1 atom stereocenters. The average Bonchev–Trinajstić information content (AvgIpc) is 3.26. The lowest BCUT2D eigenvalue weighted by Gasteiger charge is -2.41. The number of ether oxygens (including phenoxy) is 1. The second-order valence-electron chi connectivity index (χ2n) is 12.3. The van der Waals surface area contributed by atoms with Crippen LogP contribution in [0.5, 0.6) is 0 Å². The molecule has 1 fully saturated rings. The van der Waals surface area contributed by atoms with Gasteiger partial charge in [0.25, 0.3) is 0 Å². The number of fused-ring (bicyclic) bond motifs is 2. The van der Waals surface area contributed by atoms with Crippen LogP contribution in [0.2, 0.25) is 0 Å². The van der Waals surface area contributed by atoms with Crippen molar-refractivity contribution in [3.63, 3.8) is 0 Å². The number of sulfonamides is 1. The number of amides is 3. The predicted molar refractivity (Wildman–Crippen MR) is 165 cm³/mol. The summed E-state index contributed by atoms with van der Waals surface area (Å²) in [5.41, 5.74) is 0.963. The second kappa shape index (κ2) is 13.0. The van der Waals surface area contributed by atoms with Gasteiger partial charge in [-0.15, -0.1) is 0 Å². The van der Waals surface area contributed by atoms with Crippen LogP contribution in [0.15, 0.2) is 54.6 Å². The third kappa shape index (κ3) is 7.73. The normalized spacial score (nSPS) is 17.1. The van der Waals surface area contributed by atoms with E-state index < -0.39 is 32.9 Å². The lowest BCUT2D eigenvalue weighted by Crippen LogP contribution is -2.61. The fraction of sp³-hybridized carbons (Fsp3) is 0.516. The van der Waals surface area contributed by atoms with Gasteiger partial charge in [-0.1, -0.05) is 48.5 Å². The molecule has 12 heteroatoms. The Labute approximate surface area is 254 Å². The summed E-state index contributed by atoms with van der Waals surface area (Å²) < 4.78 is 32.5. The Kier molecular flexibility index (Phi) is 9.83. The number of piperidine rings is 1. The van der Waals surface area contributed by atoms with Crippen LogP contribution in [0.3, 0.4) is 0 Å². The minimum Gasteiger partial charge on any atom is -0.374 e. The van der Waals surface area contributed by atoms with E-state index in [9.17, 15) is 22.8 Å². The number of nitrogens with zero attached hydrogens (tertiary/aromatic N) is 3. The molecule has 2 aliphatic heterocycles. The average molecular weight is 614 g/mol. The van der Waals surface area contributed by atoms with Crippen molar-refractivity contribution in [2.45, 2.75) is 50.3 Å². The van der Waals surface area contributed by atoms with Crippen molar-refractivity contribution in [1.29, 1.82) is 0 Å². The quantitative estimate of drug-likeness (QED) is 0.393. The maximum absolute atomic E-state index is 13.9. The van der Waals surface area contributed by atoms with E-state index in [2.05, 4.69) is 10.6 Å². The first kappa shape index (κ1) is 32.4. The zero-order valence-electron chi connectivity index (χ0n) is 25.6. The summed E-state index contributed by atoms with van der Waals surface area (Å²) in [5.74, 6) is -1.09. The highest BCUT2D eigenvalue weighted by Crippen LogP contribution is 2.47. The molecule has 1 spiro atoms. The van der Waals surface area contributed by atoms with Crippen LogP contribution < -0.4 is 14.9 Å². The Hall–Kier alpha value is -3.48. The van der Waals surface area contributed by atoms with E-state index in [1.165, 1.54) is 10.6 Å². The Morgan fingerprint density at radius 3 is 2.28 bits per heavy atom. The molecule has 11 nitrogen and oxygen atoms in total. The van der Waals surface area contributed by atoms with E-state index in [-0.39, 0.29) is 31.6 Å². The molecular weight excluding hydrogens is 570 g/mol. The topological polar surface area (TPSA) is 128 Å². The van der Waals surface area contributed by atoms with Gasteiger partial charge in [-0.2, -0.15) is 0 Å². The molecule has 0 unspecified atom stereocenters. The number of carbonyl (C=O) groups is 3. The zero-order chi connectivity index (χ0) is 31.4. The van der Waals surface area contributed by atoms with Crippen molar-refractivity contribution < 1.29 is 27.5 Å². The summed E-state index contributed by atoms with van der Waals surface area (Å²) in [7, 11) is 0.0672. The first-order valence-corrected chi connectivity index (χ1v) is 16.3. The monoisotopic (exact) mass is 613 g/mol. The summed E-state index contributed by atoms with van der Waals surface area (Å²) in [6, 6.07) is 16.1. The van der Waals surface area contributed by atoms with Crippen molar-refractivity contribution >= 4 is 33.4 Å². The van der Waals surface area contributed by atoms with Crippen LogP contribution in [0.4, 0.5) is 5.69 Å². The van der Waals surface area contributed by atoms with E-state index in [0.29, 0.717) is 38.2 Å². The highest BCUT2D eigenvalue weighted by molar-refractivity contribution is 7.92. The molecule has 0 aromatic heterocycles. The van der Waals surface area contributed by atoms with Gasteiger partial charge in [0.15, 0.2) is 0 Å². The molecule has 43 heavy (non-hydrogen) atoms. The molecule has 0 bridgehead atoms. The van der Waals surface area contributed by atoms with Crippen LogP contribution in [-0.4, -0.2) is 101 Å². The molecule has 1 saturated heterocycles. The zero-order valence-corrected chi connectivity index (χ0v) is 26.4. The van der Waals surface area contributed by atoms with Crippen molar-refractivity contribution in [3.8, 4) is 0 Å². The first-order valence-electron chi connectivity index (χ1n) is 14.5. The smallest absolute Gasteiger partial charge is 0.247 e. The molecule has 2 aliphatic rings. The van der Waals surface area contributed by atoms with E-state index in [0.717, 1.165) is 11.1 Å². The fourth-order valence-electron chi connectivity index (χ4n) is 5.80. The summed E-state index contributed by atoms with van der Waals surface area (Å²) in [5, 5.41) is 5.57. The lowest BCUT2D eigenvalue weighted by atomic mass is 9.74. The number of carbonyl (C=O) groups excluding carboxylic acids is 3. The Morgan fingerprint density at radius 1 is 1.02 bits per heavy atom. The van der Waals surface area contributed by atoms with Crippen molar-refractivity contribution in [2.24, 2.45) is 0 Å². The van der Waals surface area contributed by atoms with Gasteiger partial charge in [-0.05, 0) is 58.0 Å². The van der Waals surface area contributed by atoms with Gasteiger partial charge in [0, 0.05) is 25.0 Å². The minimum absolute atomic E-state index is 0.0481. The molecule has 2 aromatic rings. The van der Waals surface area contributed by atoms with Gasteiger partial charge in [-0.25, -0.2) is 8.42 Å². The SMILES string of the molecule is CN(C)CC(=O)NC(C)(C)C(=O)N[C@H](COCc1ccccc1)C(=O)N1CCC2(CC1)CN(S(C)(=O)=O)c1ccccc12. The molecule has 2 aromatic carbocycles. The van der Waals surface area contributed by atoms with Gasteiger partial charge >= 0.3 is 0 Å². The molecule has 234 valence electrons. The highest BCUT2D eigenvalue weighted by atomic mass is 32.2. The number of hydrogen-bond donors (Lipinski definition) is 2. The summed E-state index contributed by atoms with van der Waals surface area (Å²) >= 11 is 0. The number of likely N-dealkylation sites (N-methyl/N-ethyl adjacent to an activating group) is 1. The van der Waals surface area contributed by atoms with E-state index >= 15 is 0 Å². The number of nitrogens with one attached hydrogen (secondary N) is 2. The van der Waals surface area contributed by atoms with E-state index in [1.54, 1.807) is 37.7 Å². The van der Waals surface area contributed by atoms with Crippen molar-refractivity contribution in [3.05, 3.63) is 65.7 Å². The Balaban J connectivity index is 1.47.